The summed E-state index contributed by atoms with van der Waals surface area (Å²) < 4.78 is 0. The lowest BCUT2D eigenvalue weighted by Crippen LogP contribution is -2.35. The summed E-state index contributed by atoms with van der Waals surface area (Å²) in [6.07, 6.45) is 5.14. The Morgan fingerprint density at radius 1 is 1.47 bits per heavy atom. The predicted molar refractivity (Wildman–Crippen MR) is 75.2 cm³/mol. The zero-order valence-corrected chi connectivity index (χ0v) is 11.6. The van der Waals surface area contributed by atoms with Gasteiger partial charge in [0.05, 0.1) is 0 Å². The summed E-state index contributed by atoms with van der Waals surface area (Å²) >= 11 is 1.86. The van der Waals surface area contributed by atoms with Crippen LogP contribution in [0.4, 0.5) is 0 Å². The molecule has 17 heavy (non-hydrogen) atoms. The third-order valence-electron chi connectivity index (χ3n) is 3.75. The first-order chi connectivity index (χ1) is 8.28. The number of nitrogens with two attached hydrogens (primary N) is 1. The Hall–Kier alpha value is -0.380. The van der Waals surface area contributed by atoms with E-state index in [1.54, 1.807) is 0 Å². The first-order valence-corrected chi connectivity index (χ1v) is 7.66. The Morgan fingerprint density at radius 2 is 2.35 bits per heavy atom. The number of hydrogen-bond acceptors (Lipinski definition) is 3. The molecule has 0 aliphatic heterocycles. The van der Waals surface area contributed by atoms with Crippen molar-refractivity contribution in [1.29, 1.82) is 0 Å². The summed E-state index contributed by atoms with van der Waals surface area (Å²) in [5.41, 5.74) is 6.06. The molecule has 0 bridgehead atoms. The zero-order chi connectivity index (χ0) is 12.1. The number of rotatable bonds is 5. The molecule has 3 heteroatoms. The SMILES string of the molecule is CCN(Cc1cccs1)CC1CCCC(N)C1. The highest BCUT2D eigenvalue weighted by molar-refractivity contribution is 7.09. The minimum absolute atomic E-state index is 0.453. The highest BCUT2D eigenvalue weighted by Crippen LogP contribution is 2.24. The predicted octanol–water partition coefficient (Wildman–Crippen LogP) is 3.09. The minimum Gasteiger partial charge on any atom is -0.328 e. The van der Waals surface area contributed by atoms with Gasteiger partial charge in [0.2, 0.25) is 0 Å². The van der Waals surface area contributed by atoms with Crippen molar-refractivity contribution in [3.63, 3.8) is 0 Å². The second-order valence-corrected chi connectivity index (χ2v) is 6.23. The van der Waals surface area contributed by atoms with E-state index in [2.05, 4.69) is 29.3 Å². The normalized spacial score (nSPS) is 25.4. The van der Waals surface area contributed by atoms with E-state index in [1.165, 1.54) is 37.1 Å². The molecule has 0 amide bonds. The monoisotopic (exact) mass is 252 g/mol. The Bertz CT molecular complexity index is 310. The number of hydrogen-bond donors (Lipinski definition) is 1. The van der Waals surface area contributed by atoms with Crippen molar-refractivity contribution < 1.29 is 0 Å². The van der Waals surface area contributed by atoms with Crippen molar-refractivity contribution in [1.82, 2.24) is 4.90 Å². The van der Waals surface area contributed by atoms with E-state index in [-0.39, 0.29) is 0 Å². The average molecular weight is 252 g/mol. The van der Waals surface area contributed by atoms with Crippen LogP contribution in [0.3, 0.4) is 0 Å². The molecule has 1 aromatic rings. The van der Waals surface area contributed by atoms with Crippen molar-refractivity contribution in [2.24, 2.45) is 11.7 Å². The molecule has 1 aliphatic carbocycles. The van der Waals surface area contributed by atoms with E-state index in [0.29, 0.717) is 6.04 Å². The highest BCUT2D eigenvalue weighted by Gasteiger charge is 2.21. The van der Waals surface area contributed by atoms with E-state index >= 15 is 0 Å². The topological polar surface area (TPSA) is 29.3 Å². The molecule has 2 unspecified atom stereocenters. The number of thiophene rings is 1. The van der Waals surface area contributed by atoms with Gasteiger partial charge in [-0.25, -0.2) is 0 Å². The Morgan fingerprint density at radius 3 is 3.00 bits per heavy atom. The summed E-state index contributed by atoms with van der Waals surface area (Å²) in [5, 5.41) is 2.17. The fraction of sp³-hybridized carbons (Fsp3) is 0.714. The smallest absolute Gasteiger partial charge is 0.0327 e. The summed E-state index contributed by atoms with van der Waals surface area (Å²) in [6.45, 7) is 5.74. The van der Waals surface area contributed by atoms with Gasteiger partial charge in [0.25, 0.3) is 0 Å². The zero-order valence-electron chi connectivity index (χ0n) is 10.8. The molecule has 1 aliphatic rings. The van der Waals surface area contributed by atoms with Gasteiger partial charge in [0, 0.05) is 24.0 Å². The molecule has 96 valence electrons. The van der Waals surface area contributed by atoms with Crippen LogP contribution in [0.2, 0.25) is 0 Å². The molecule has 0 radical (unpaired) electrons. The van der Waals surface area contributed by atoms with Crippen LogP contribution in [0, 0.1) is 5.92 Å². The molecule has 0 spiro atoms. The van der Waals surface area contributed by atoms with E-state index in [1.807, 2.05) is 11.3 Å². The fourth-order valence-electron chi connectivity index (χ4n) is 2.79. The lowest BCUT2D eigenvalue weighted by Gasteiger charge is -2.31. The van der Waals surface area contributed by atoms with Gasteiger partial charge in [-0.3, -0.25) is 4.90 Å². The lowest BCUT2D eigenvalue weighted by atomic mass is 9.86. The molecule has 2 N–H and O–H groups in total. The molecular weight excluding hydrogens is 228 g/mol. The van der Waals surface area contributed by atoms with Crippen LogP contribution in [0.5, 0.6) is 0 Å². The van der Waals surface area contributed by atoms with Crippen LogP contribution in [0.15, 0.2) is 17.5 Å². The molecule has 2 rings (SSSR count). The maximum atomic E-state index is 6.06. The van der Waals surface area contributed by atoms with Gasteiger partial charge >= 0.3 is 0 Å². The number of nitrogens with zero attached hydrogens (tertiary/aromatic N) is 1. The fourth-order valence-corrected chi connectivity index (χ4v) is 3.54. The van der Waals surface area contributed by atoms with Crippen LogP contribution in [-0.4, -0.2) is 24.0 Å². The average Bonchev–Trinajstić information content (AvgIpc) is 2.81. The van der Waals surface area contributed by atoms with E-state index in [9.17, 15) is 0 Å². The Kier molecular flexibility index (Phi) is 5.01. The summed E-state index contributed by atoms with van der Waals surface area (Å²) in [4.78, 5) is 4.04. The summed E-state index contributed by atoms with van der Waals surface area (Å²) in [5.74, 6) is 0.818. The molecule has 1 saturated carbocycles. The van der Waals surface area contributed by atoms with Crippen molar-refractivity contribution in [3.8, 4) is 0 Å². The molecule has 2 atom stereocenters. The Balaban J connectivity index is 1.82. The minimum atomic E-state index is 0.453. The molecule has 1 fully saturated rings. The van der Waals surface area contributed by atoms with Crippen LogP contribution >= 0.6 is 11.3 Å². The van der Waals surface area contributed by atoms with Gasteiger partial charge < -0.3 is 5.73 Å². The van der Waals surface area contributed by atoms with Crippen LogP contribution in [-0.2, 0) is 6.54 Å². The van der Waals surface area contributed by atoms with E-state index in [4.69, 9.17) is 5.73 Å². The van der Waals surface area contributed by atoms with Crippen LogP contribution in [0.1, 0.15) is 37.5 Å². The van der Waals surface area contributed by atoms with Gasteiger partial charge in [-0.1, -0.05) is 19.4 Å². The summed E-state index contributed by atoms with van der Waals surface area (Å²) in [7, 11) is 0. The molecule has 0 saturated heterocycles. The first-order valence-electron chi connectivity index (χ1n) is 6.78. The van der Waals surface area contributed by atoms with Gasteiger partial charge in [0.15, 0.2) is 0 Å². The third kappa shape index (κ3) is 4.09. The highest BCUT2D eigenvalue weighted by atomic mass is 32.1. The van der Waals surface area contributed by atoms with E-state index < -0.39 is 0 Å². The molecule has 0 aromatic carbocycles. The maximum Gasteiger partial charge on any atom is 0.0327 e. The quantitative estimate of drug-likeness (QED) is 0.872. The van der Waals surface area contributed by atoms with E-state index in [0.717, 1.165) is 19.0 Å². The standard InChI is InChI=1S/C14H24N2S/c1-2-16(11-14-7-4-8-17-14)10-12-5-3-6-13(15)9-12/h4,7-8,12-13H,2-3,5-6,9-11,15H2,1H3. The first kappa shape index (κ1) is 13.1. The van der Waals surface area contributed by atoms with Crippen molar-refractivity contribution in [3.05, 3.63) is 22.4 Å². The molecule has 2 nitrogen and oxygen atoms in total. The molecule has 1 heterocycles. The van der Waals surface area contributed by atoms with Gasteiger partial charge in [-0.2, -0.15) is 0 Å². The van der Waals surface area contributed by atoms with Crippen LogP contribution in [0.25, 0.3) is 0 Å². The second kappa shape index (κ2) is 6.53. The van der Waals surface area contributed by atoms with Crippen molar-refractivity contribution in [2.45, 2.75) is 45.2 Å². The third-order valence-corrected chi connectivity index (χ3v) is 4.61. The Labute approximate surface area is 109 Å². The van der Waals surface area contributed by atoms with Gasteiger partial charge in [-0.05, 0) is 43.2 Å². The second-order valence-electron chi connectivity index (χ2n) is 5.20. The molecule has 1 aromatic heterocycles. The van der Waals surface area contributed by atoms with Gasteiger partial charge in [-0.15, -0.1) is 11.3 Å². The lowest BCUT2D eigenvalue weighted by molar-refractivity contribution is 0.194. The van der Waals surface area contributed by atoms with Crippen molar-refractivity contribution in [2.75, 3.05) is 13.1 Å². The van der Waals surface area contributed by atoms with Crippen molar-refractivity contribution >= 4 is 11.3 Å². The summed E-state index contributed by atoms with van der Waals surface area (Å²) in [6, 6.07) is 4.83. The van der Waals surface area contributed by atoms with Crippen LogP contribution < -0.4 is 5.73 Å². The molecular formula is C14H24N2S. The van der Waals surface area contributed by atoms with Gasteiger partial charge in [0.1, 0.15) is 0 Å². The largest absolute Gasteiger partial charge is 0.328 e. The maximum absolute atomic E-state index is 6.06.